The predicted molar refractivity (Wildman–Crippen MR) is 79.0 cm³/mol. The first-order valence-electron chi connectivity index (χ1n) is 6.63. The van der Waals surface area contributed by atoms with E-state index < -0.39 is 18.5 Å². The van der Waals surface area contributed by atoms with Crippen LogP contribution in [-0.2, 0) is 19.1 Å². The average molecular weight is 309 g/mol. The molecule has 120 valence electrons. The first-order chi connectivity index (χ1) is 10.5. The second-order valence-corrected chi connectivity index (χ2v) is 4.48. The summed E-state index contributed by atoms with van der Waals surface area (Å²) < 4.78 is 15.0. The van der Waals surface area contributed by atoms with Crippen molar-refractivity contribution in [1.82, 2.24) is 0 Å². The van der Waals surface area contributed by atoms with Crippen molar-refractivity contribution < 1.29 is 28.6 Å². The summed E-state index contributed by atoms with van der Waals surface area (Å²) >= 11 is 0. The molecule has 7 heteroatoms. The summed E-state index contributed by atoms with van der Waals surface area (Å²) in [4.78, 5) is 33.7. The van der Waals surface area contributed by atoms with Crippen LogP contribution in [0, 0.1) is 0 Å². The Kier molecular flexibility index (Phi) is 6.88. The Morgan fingerprint density at radius 3 is 2.32 bits per heavy atom. The molecule has 1 aromatic carbocycles. The zero-order chi connectivity index (χ0) is 16.5. The molecule has 1 N–H and O–H groups in total. The molecule has 0 bridgehead atoms. The van der Waals surface area contributed by atoms with Gasteiger partial charge in [0.05, 0.1) is 20.6 Å². The number of hydrogen-bond donors (Lipinski definition) is 1. The third-order valence-electron chi connectivity index (χ3n) is 2.71. The fourth-order valence-corrected chi connectivity index (χ4v) is 1.61. The van der Waals surface area contributed by atoms with E-state index in [-0.39, 0.29) is 18.6 Å². The largest absolute Gasteiger partial charge is 0.493 e. The Labute approximate surface area is 128 Å². The molecule has 0 unspecified atom stereocenters. The van der Waals surface area contributed by atoms with Crippen molar-refractivity contribution in [1.29, 1.82) is 0 Å². The minimum atomic E-state index is -0.585. The number of carbonyl (C=O) groups is 3. The molecule has 0 atom stereocenters. The molecule has 0 spiro atoms. The third-order valence-corrected chi connectivity index (χ3v) is 2.71. The maximum absolute atomic E-state index is 11.7. The Morgan fingerprint density at radius 2 is 1.73 bits per heavy atom. The van der Waals surface area contributed by atoms with E-state index in [2.05, 4.69) is 5.32 Å². The van der Waals surface area contributed by atoms with Crippen LogP contribution in [0.1, 0.15) is 19.8 Å². The van der Waals surface area contributed by atoms with Crippen LogP contribution in [0.25, 0.3) is 0 Å². The molecule has 0 saturated heterocycles. The zero-order valence-electron chi connectivity index (χ0n) is 12.8. The van der Waals surface area contributed by atoms with Gasteiger partial charge in [-0.05, 0) is 19.1 Å². The molecule has 1 amide bonds. The van der Waals surface area contributed by atoms with E-state index in [0.717, 1.165) is 0 Å². The predicted octanol–water partition coefficient (Wildman–Crippen LogP) is 1.55. The molecular formula is C15H19NO6. The number of esters is 1. The van der Waals surface area contributed by atoms with Gasteiger partial charge in [0, 0.05) is 18.2 Å². The topological polar surface area (TPSA) is 90.9 Å². The van der Waals surface area contributed by atoms with Gasteiger partial charge in [0.2, 0.25) is 0 Å². The highest BCUT2D eigenvalue weighted by Crippen LogP contribution is 2.29. The summed E-state index contributed by atoms with van der Waals surface area (Å²) in [6.07, 6.45) is 0.0785. The van der Waals surface area contributed by atoms with Gasteiger partial charge in [0.25, 0.3) is 5.91 Å². The Morgan fingerprint density at radius 1 is 1.05 bits per heavy atom. The molecule has 0 aromatic heterocycles. The van der Waals surface area contributed by atoms with E-state index in [4.69, 9.17) is 14.2 Å². The fourth-order valence-electron chi connectivity index (χ4n) is 1.61. The maximum atomic E-state index is 11.7. The molecule has 0 fully saturated rings. The van der Waals surface area contributed by atoms with Gasteiger partial charge in [-0.3, -0.25) is 9.59 Å². The second kappa shape index (κ2) is 8.66. The zero-order valence-corrected chi connectivity index (χ0v) is 12.8. The van der Waals surface area contributed by atoms with Crippen molar-refractivity contribution in [2.45, 2.75) is 19.8 Å². The summed E-state index contributed by atoms with van der Waals surface area (Å²) in [5.74, 6) is -0.164. The number of ketones is 1. The summed E-state index contributed by atoms with van der Waals surface area (Å²) in [5, 5.41) is 2.57. The SMILES string of the molecule is COc1ccc(NC(=O)COC(=O)CCC(C)=O)cc1OC. The number of methoxy groups -OCH3 is 2. The highest BCUT2D eigenvalue weighted by atomic mass is 16.5. The van der Waals surface area contributed by atoms with Gasteiger partial charge < -0.3 is 24.3 Å². The van der Waals surface area contributed by atoms with Gasteiger partial charge >= 0.3 is 5.97 Å². The van der Waals surface area contributed by atoms with Crippen LogP contribution in [0.5, 0.6) is 11.5 Å². The van der Waals surface area contributed by atoms with Crippen LogP contribution >= 0.6 is 0 Å². The number of ether oxygens (including phenoxy) is 3. The number of nitrogens with one attached hydrogen (secondary N) is 1. The van der Waals surface area contributed by atoms with Gasteiger partial charge in [-0.15, -0.1) is 0 Å². The van der Waals surface area contributed by atoms with Crippen molar-refractivity contribution in [3.05, 3.63) is 18.2 Å². The number of amides is 1. The molecule has 0 heterocycles. The first kappa shape index (κ1) is 17.5. The van der Waals surface area contributed by atoms with Crippen LogP contribution in [0.2, 0.25) is 0 Å². The molecule has 0 aliphatic heterocycles. The number of rotatable bonds is 8. The highest BCUT2D eigenvalue weighted by molar-refractivity contribution is 5.93. The van der Waals surface area contributed by atoms with Crippen molar-refractivity contribution in [2.75, 3.05) is 26.1 Å². The third kappa shape index (κ3) is 5.82. The smallest absolute Gasteiger partial charge is 0.306 e. The van der Waals surface area contributed by atoms with E-state index in [1.165, 1.54) is 21.1 Å². The van der Waals surface area contributed by atoms with E-state index >= 15 is 0 Å². The molecule has 0 aliphatic carbocycles. The molecule has 0 saturated carbocycles. The Bertz CT molecular complexity index is 555. The molecule has 1 rings (SSSR count). The summed E-state index contributed by atoms with van der Waals surface area (Å²) in [6, 6.07) is 4.87. The van der Waals surface area contributed by atoms with Crippen LogP contribution in [0.3, 0.4) is 0 Å². The average Bonchev–Trinajstić information content (AvgIpc) is 2.50. The molecular weight excluding hydrogens is 290 g/mol. The van der Waals surface area contributed by atoms with E-state index in [1.807, 2.05) is 0 Å². The van der Waals surface area contributed by atoms with Gasteiger partial charge in [-0.25, -0.2) is 0 Å². The van der Waals surface area contributed by atoms with Crippen molar-refractivity contribution in [3.8, 4) is 11.5 Å². The van der Waals surface area contributed by atoms with E-state index in [9.17, 15) is 14.4 Å². The lowest BCUT2D eigenvalue weighted by molar-refractivity contribution is -0.148. The summed E-state index contributed by atoms with van der Waals surface area (Å²) in [5.41, 5.74) is 0.488. The van der Waals surface area contributed by atoms with E-state index in [1.54, 1.807) is 18.2 Å². The molecule has 1 aromatic rings. The maximum Gasteiger partial charge on any atom is 0.306 e. The van der Waals surface area contributed by atoms with Crippen molar-refractivity contribution in [2.24, 2.45) is 0 Å². The minimum Gasteiger partial charge on any atom is -0.493 e. The van der Waals surface area contributed by atoms with Crippen LogP contribution in [-0.4, -0.2) is 38.5 Å². The van der Waals surface area contributed by atoms with Crippen molar-refractivity contribution in [3.63, 3.8) is 0 Å². The van der Waals surface area contributed by atoms with Gasteiger partial charge in [0.15, 0.2) is 18.1 Å². The number of carbonyl (C=O) groups excluding carboxylic acids is 3. The van der Waals surface area contributed by atoms with Crippen LogP contribution in [0.4, 0.5) is 5.69 Å². The number of benzene rings is 1. The minimum absolute atomic E-state index is 0.0288. The Hall–Kier alpha value is -2.57. The monoisotopic (exact) mass is 309 g/mol. The van der Waals surface area contributed by atoms with Gasteiger partial charge in [-0.2, -0.15) is 0 Å². The normalized spacial score (nSPS) is 9.77. The number of Topliss-reactive ketones (excluding diaryl/α,β-unsaturated/α-hetero) is 1. The fraction of sp³-hybridized carbons (Fsp3) is 0.400. The number of hydrogen-bond acceptors (Lipinski definition) is 6. The summed E-state index contributed by atoms with van der Waals surface area (Å²) in [6.45, 7) is 0.974. The standard InChI is InChI=1S/C15H19NO6/c1-10(17)4-7-15(19)22-9-14(18)16-11-5-6-12(20-2)13(8-11)21-3/h5-6,8H,4,7,9H2,1-3H3,(H,16,18). The number of anilines is 1. The highest BCUT2D eigenvalue weighted by Gasteiger charge is 2.10. The lowest BCUT2D eigenvalue weighted by atomic mass is 10.2. The summed E-state index contributed by atoms with van der Waals surface area (Å²) in [7, 11) is 3.00. The second-order valence-electron chi connectivity index (χ2n) is 4.48. The van der Waals surface area contributed by atoms with Crippen molar-refractivity contribution >= 4 is 23.3 Å². The molecule has 22 heavy (non-hydrogen) atoms. The lowest BCUT2D eigenvalue weighted by Gasteiger charge is -2.10. The first-order valence-corrected chi connectivity index (χ1v) is 6.63. The molecule has 7 nitrogen and oxygen atoms in total. The Balaban J connectivity index is 2.48. The van der Waals surface area contributed by atoms with Crippen LogP contribution in [0.15, 0.2) is 18.2 Å². The van der Waals surface area contributed by atoms with E-state index in [0.29, 0.717) is 17.2 Å². The lowest BCUT2D eigenvalue weighted by Crippen LogP contribution is -2.21. The molecule has 0 radical (unpaired) electrons. The molecule has 0 aliphatic rings. The van der Waals surface area contributed by atoms with Crippen LogP contribution < -0.4 is 14.8 Å². The quantitative estimate of drug-likeness (QED) is 0.733. The van der Waals surface area contributed by atoms with Gasteiger partial charge in [0.1, 0.15) is 5.78 Å². The van der Waals surface area contributed by atoms with Gasteiger partial charge in [-0.1, -0.05) is 0 Å².